The number of anilines is 2. The van der Waals surface area contributed by atoms with Crippen molar-refractivity contribution in [3.8, 4) is 0 Å². The molecule has 0 radical (unpaired) electrons. The first-order valence-corrected chi connectivity index (χ1v) is 5.62. The van der Waals surface area contributed by atoms with Crippen LogP contribution in [0.2, 0.25) is 0 Å². The molecule has 4 nitrogen and oxygen atoms in total. The molecule has 4 heteroatoms. The molecule has 0 aliphatic heterocycles. The number of nitrogens with two attached hydrogens (primary N) is 1. The van der Waals surface area contributed by atoms with Crippen molar-refractivity contribution < 1.29 is 0 Å². The molecule has 1 aromatic carbocycles. The predicted molar refractivity (Wildman–Crippen MR) is 69.1 cm³/mol. The van der Waals surface area contributed by atoms with Crippen LogP contribution in [0, 0.1) is 0 Å². The van der Waals surface area contributed by atoms with Crippen LogP contribution in [0.1, 0.15) is 12.5 Å². The van der Waals surface area contributed by atoms with E-state index < -0.39 is 0 Å². The monoisotopic (exact) mass is 228 g/mol. The highest BCUT2D eigenvalue weighted by Crippen LogP contribution is 2.11. The Kier molecular flexibility index (Phi) is 3.67. The number of aromatic nitrogens is 2. The highest BCUT2D eigenvalue weighted by molar-refractivity contribution is 5.52. The van der Waals surface area contributed by atoms with E-state index in [9.17, 15) is 0 Å². The molecular formula is C13H16N4. The molecule has 0 bridgehead atoms. The van der Waals surface area contributed by atoms with Gasteiger partial charge in [0.15, 0.2) is 0 Å². The Labute approximate surface area is 101 Å². The molecule has 3 N–H and O–H groups in total. The smallest absolute Gasteiger partial charge is 0.227 e. The lowest BCUT2D eigenvalue weighted by atomic mass is 10.1. The summed E-state index contributed by atoms with van der Waals surface area (Å²) in [4.78, 5) is 8.50. The van der Waals surface area contributed by atoms with Crippen molar-refractivity contribution in [2.45, 2.75) is 19.4 Å². The zero-order chi connectivity index (χ0) is 12.1. The van der Waals surface area contributed by atoms with Crippen LogP contribution in [-0.2, 0) is 6.42 Å². The first kappa shape index (κ1) is 11.5. The average Bonchev–Trinajstić information content (AvgIpc) is 2.32. The van der Waals surface area contributed by atoms with Crippen LogP contribution in [-0.4, -0.2) is 16.0 Å². The fraction of sp³-hybridized carbons (Fsp3) is 0.231. The third-order valence-electron chi connectivity index (χ3n) is 2.29. The van der Waals surface area contributed by atoms with Gasteiger partial charge in [0, 0.05) is 24.1 Å². The highest BCUT2D eigenvalue weighted by atomic mass is 15.1. The van der Waals surface area contributed by atoms with Crippen molar-refractivity contribution in [2.75, 3.05) is 5.32 Å². The van der Waals surface area contributed by atoms with Gasteiger partial charge in [-0.2, -0.15) is 0 Å². The Morgan fingerprint density at radius 3 is 2.41 bits per heavy atom. The average molecular weight is 228 g/mol. The number of hydrogen-bond donors (Lipinski definition) is 2. The zero-order valence-electron chi connectivity index (χ0n) is 9.80. The van der Waals surface area contributed by atoms with Gasteiger partial charge in [0.25, 0.3) is 0 Å². The maximum atomic E-state index is 5.71. The second kappa shape index (κ2) is 5.41. The van der Waals surface area contributed by atoms with Gasteiger partial charge >= 0.3 is 0 Å². The SMILES string of the molecule is CC(N)Cc1cnc(Nc2ccccc2)nc1. The third kappa shape index (κ3) is 3.53. The lowest BCUT2D eigenvalue weighted by Crippen LogP contribution is -2.18. The molecule has 1 unspecified atom stereocenters. The molecule has 1 heterocycles. The summed E-state index contributed by atoms with van der Waals surface area (Å²) in [5.41, 5.74) is 7.75. The van der Waals surface area contributed by atoms with Crippen molar-refractivity contribution >= 4 is 11.6 Å². The molecular weight excluding hydrogens is 212 g/mol. The predicted octanol–water partition coefficient (Wildman–Crippen LogP) is 2.11. The van der Waals surface area contributed by atoms with Crippen molar-refractivity contribution in [1.82, 2.24) is 9.97 Å². The fourth-order valence-electron chi connectivity index (χ4n) is 1.55. The van der Waals surface area contributed by atoms with E-state index in [2.05, 4.69) is 15.3 Å². The number of benzene rings is 1. The number of para-hydroxylation sites is 1. The van der Waals surface area contributed by atoms with Gasteiger partial charge in [0.2, 0.25) is 5.95 Å². The Morgan fingerprint density at radius 1 is 1.18 bits per heavy atom. The van der Waals surface area contributed by atoms with E-state index in [0.29, 0.717) is 5.95 Å². The Hall–Kier alpha value is -1.94. The molecule has 88 valence electrons. The number of nitrogens with one attached hydrogen (secondary N) is 1. The summed E-state index contributed by atoms with van der Waals surface area (Å²) in [6.45, 7) is 1.97. The van der Waals surface area contributed by atoms with E-state index in [-0.39, 0.29) is 6.04 Å². The van der Waals surface area contributed by atoms with Gasteiger partial charge in [-0.1, -0.05) is 18.2 Å². The van der Waals surface area contributed by atoms with Crippen molar-refractivity contribution in [3.63, 3.8) is 0 Å². The first-order chi connectivity index (χ1) is 8.24. The van der Waals surface area contributed by atoms with Gasteiger partial charge in [-0.3, -0.25) is 0 Å². The topological polar surface area (TPSA) is 63.8 Å². The van der Waals surface area contributed by atoms with E-state index >= 15 is 0 Å². The van der Waals surface area contributed by atoms with Crippen LogP contribution in [0.5, 0.6) is 0 Å². The molecule has 17 heavy (non-hydrogen) atoms. The van der Waals surface area contributed by atoms with Crippen LogP contribution in [0.3, 0.4) is 0 Å². The van der Waals surface area contributed by atoms with Crippen LogP contribution in [0.25, 0.3) is 0 Å². The minimum atomic E-state index is 0.131. The van der Waals surface area contributed by atoms with Gasteiger partial charge in [-0.25, -0.2) is 9.97 Å². The molecule has 0 fully saturated rings. The Balaban J connectivity index is 2.03. The summed E-state index contributed by atoms with van der Waals surface area (Å²) in [6, 6.07) is 9.97. The Morgan fingerprint density at radius 2 is 1.82 bits per heavy atom. The van der Waals surface area contributed by atoms with E-state index in [1.807, 2.05) is 49.6 Å². The standard InChI is InChI=1S/C13H16N4/c1-10(14)7-11-8-15-13(16-9-11)17-12-5-3-2-4-6-12/h2-6,8-10H,7,14H2,1H3,(H,15,16,17). The minimum Gasteiger partial charge on any atom is -0.328 e. The van der Waals surface area contributed by atoms with Crippen molar-refractivity contribution in [1.29, 1.82) is 0 Å². The maximum Gasteiger partial charge on any atom is 0.227 e. The van der Waals surface area contributed by atoms with Crippen LogP contribution in [0.15, 0.2) is 42.7 Å². The normalized spacial score (nSPS) is 12.1. The lowest BCUT2D eigenvalue weighted by Gasteiger charge is -2.06. The third-order valence-corrected chi connectivity index (χ3v) is 2.29. The molecule has 0 saturated heterocycles. The molecule has 0 saturated carbocycles. The molecule has 1 atom stereocenters. The van der Waals surface area contributed by atoms with Gasteiger partial charge in [0.1, 0.15) is 0 Å². The van der Waals surface area contributed by atoms with E-state index in [0.717, 1.165) is 17.7 Å². The first-order valence-electron chi connectivity index (χ1n) is 5.62. The second-order valence-electron chi connectivity index (χ2n) is 4.09. The van der Waals surface area contributed by atoms with E-state index in [1.54, 1.807) is 0 Å². The number of hydrogen-bond acceptors (Lipinski definition) is 4. The summed E-state index contributed by atoms with van der Waals surface area (Å²) < 4.78 is 0. The van der Waals surface area contributed by atoms with E-state index in [4.69, 9.17) is 5.73 Å². The minimum absolute atomic E-state index is 0.131. The molecule has 0 spiro atoms. The zero-order valence-corrected chi connectivity index (χ0v) is 9.80. The van der Waals surface area contributed by atoms with Crippen molar-refractivity contribution in [2.24, 2.45) is 5.73 Å². The molecule has 0 aliphatic carbocycles. The molecule has 2 rings (SSSR count). The van der Waals surface area contributed by atoms with E-state index in [1.165, 1.54) is 0 Å². The number of nitrogens with zero attached hydrogens (tertiary/aromatic N) is 2. The molecule has 1 aromatic heterocycles. The summed E-state index contributed by atoms with van der Waals surface area (Å²) >= 11 is 0. The van der Waals surface area contributed by atoms with Gasteiger partial charge in [-0.15, -0.1) is 0 Å². The summed E-state index contributed by atoms with van der Waals surface area (Å²) in [7, 11) is 0. The van der Waals surface area contributed by atoms with Gasteiger partial charge in [0.05, 0.1) is 0 Å². The largest absolute Gasteiger partial charge is 0.328 e. The summed E-state index contributed by atoms with van der Waals surface area (Å²) in [5, 5.41) is 3.13. The van der Waals surface area contributed by atoms with Gasteiger partial charge < -0.3 is 11.1 Å². The summed E-state index contributed by atoms with van der Waals surface area (Å²) in [5.74, 6) is 0.602. The van der Waals surface area contributed by atoms with Crippen LogP contribution < -0.4 is 11.1 Å². The summed E-state index contributed by atoms with van der Waals surface area (Å²) in [6.07, 6.45) is 4.41. The molecule has 0 aliphatic rings. The Bertz CT molecular complexity index is 451. The molecule has 0 amide bonds. The van der Waals surface area contributed by atoms with Crippen molar-refractivity contribution in [3.05, 3.63) is 48.3 Å². The highest BCUT2D eigenvalue weighted by Gasteiger charge is 2.00. The second-order valence-corrected chi connectivity index (χ2v) is 4.09. The lowest BCUT2D eigenvalue weighted by molar-refractivity contribution is 0.732. The molecule has 2 aromatic rings. The van der Waals surface area contributed by atoms with Crippen LogP contribution in [0.4, 0.5) is 11.6 Å². The van der Waals surface area contributed by atoms with Gasteiger partial charge in [-0.05, 0) is 31.0 Å². The fourth-order valence-corrected chi connectivity index (χ4v) is 1.55. The van der Waals surface area contributed by atoms with Crippen LogP contribution >= 0.6 is 0 Å². The quantitative estimate of drug-likeness (QED) is 0.841. The maximum absolute atomic E-state index is 5.71. The number of rotatable bonds is 4.